The molecule has 1 aromatic rings. The summed E-state index contributed by atoms with van der Waals surface area (Å²) in [6.45, 7) is 3.32. The van der Waals surface area contributed by atoms with Gasteiger partial charge < -0.3 is 11.1 Å². The third kappa shape index (κ3) is 3.08. The monoisotopic (exact) mass is 220 g/mol. The van der Waals surface area contributed by atoms with Crippen molar-refractivity contribution >= 4 is 11.6 Å². The molecule has 0 amide bonds. The third-order valence-corrected chi connectivity index (χ3v) is 3.36. The molecule has 1 aliphatic carbocycles. The first kappa shape index (κ1) is 11.2. The number of nitrogens with two attached hydrogens (primary N) is 1. The summed E-state index contributed by atoms with van der Waals surface area (Å²) in [5, 5.41) is 3.28. The largest absolute Gasteiger partial charge is 0.396 e. The highest BCUT2D eigenvalue weighted by Crippen LogP contribution is 2.28. The van der Waals surface area contributed by atoms with Crippen LogP contribution in [0.5, 0.6) is 0 Å². The first-order chi connectivity index (χ1) is 7.74. The van der Waals surface area contributed by atoms with Crippen molar-refractivity contribution in [2.75, 3.05) is 17.6 Å². The summed E-state index contributed by atoms with van der Waals surface area (Å²) in [7, 11) is 0. The lowest BCUT2D eigenvalue weighted by Crippen LogP contribution is -2.20. The van der Waals surface area contributed by atoms with Crippen molar-refractivity contribution in [2.24, 2.45) is 11.8 Å². The van der Waals surface area contributed by atoms with Gasteiger partial charge in [-0.1, -0.05) is 19.8 Å². The van der Waals surface area contributed by atoms with E-state index in [0.29, 0.717) is 11.6 Å². The predicted octanol–water partition coefficient (Wildman–Crippen LogP) is 2.30. The minimum absolute atomic E-state index is 0.608. The van der Waals surface area contributed by atoms with Crippen molar-refractivity contribution < 1.29 is 0 Å². The van der Waals surface area contributed by atoms with Gasteiger partial charge in [-0.15, -0.1) is 0 Å². The summed E-state index contributed by atoms with van der Waals surface area (Å²) in [6, 6.07) is 0. The minimum atomic E-state index is 0.608. The van der Waals surface area contributed by atoms with Crippen LogP contribution in [0.3, 0.4) is 0 Å². The van der Waals surface area contributed by atoms with E-state index in [0.717, 1.165) is 18.4 Å². The second-order valence-electron chi connectivity index (χ2n) is 4.85. The smallest absolute Gasteiger partial charge is 0.222 e. The van der Waals surface area contributed by atoms with E-state index < -0.39 is 0 Å². The molecule has 0 spiro atoms. The molecule has 1 heterocycles. The van der Waals surface area contributed by atoms with Gasteiger partial charge in [-0.2, -0.15) is 0 Å². The molecule has 0 atom stereocenters. The Labute approximate surface area is 96.7 Å². The summed E-state index contributed by atoms with van der Waals surface area (Å²) >= 11 is 0. The van der Waals surface area contributed by atoms with Crippen LogP contribution >= 0.6 is 0 Å². The molecular weight excluding hydrogens is 200 g/mol. The molecule has 88 valence electrons. The SMILES string of the molecule is CC1CCC(CNc2ncc(N)cn2)CC1. The lowest BCUT2D eigenvalue weighted by molar-refractivity contribution is 0.300. The Morgan fingerprint density at radius 1 is 1.25 bits per heavy atom. The van der Waals surface area contributed by atoms with Crippen LogP contribution in [0.1, 0.15) is 32.6 Å². The fourth-order valence-corrected chi connectivity index (χ4v) is 2.20. The molecule has 4 nitrogen and oxygen atoms in total. The van der Waals surface area contributed by atoms with Gasteiger partial charge in [0.25, 0.3) is 0 Å². The van der Waals surface area contributed by atoms with Crippen molar-refractivity contribution in [3.63, 3.8) is 0 Å². The van der Waals surface area contributed by atoms with E-state index in [1.54, 1.807) is 12.4 Å². The molecule has 4 heteroatoms. The van der Waals surface area contributed by atoms with E-state index in [1.807, 2.05) is 0 Å². The number of nitrogens with zero attached hydrogens (tertiary/aromatic N) is 2. The number of hydrogen-bond acceptors (Lipinski definition) is 4. The fraction of sp³-hybridized carbons (Fsp3) is 0.667. The van der Waals surface area contributed by atoms with Crippen LogP contribution in [-0.2, 0) is 0 Å². The number of nitrogens with one attached hydrogen (secondary N) is 1. The number of rotatable bonds is 3. The molecule has 1 aliphatic rings. The highest BCUT2D eigenvalue weighted by atomic mass is 15.1. The van der Waals surface area contributed by atoms with Crippen LogP contribution in [0.2, 0.25) is 0 Å². The van der Waals surface area contributed by atoms with Gasteiger partial charge in [-0.05, 0) is 24.7 Å². The molecule has 1 fully saturated rings. The van der Waals surface area contributed by atoms with Crippen molar-refractivity contribution in [3.05, 3.63) is 12.4 Å². The summed E-state index contributed by atoms with van der Waals surface area (Å²) < 4.78 is 0. The summed E-state index contributed by atoms with van der Waals surface area (Å²) in [4.78, 5) is 8.26. The van der Waals surface area contributed by atoms with Crippen molar-refractivity contribution in [1.82, 2.24) is 9.97 Å². The summed E-state index contributed by atoms with van der Waals surface area (Å²) in [5.74, 6) is 2.37. The number of nitrogen functional groups attached to an aromatic ring is 1. The highest BCUT2D eigenvalue weighted by molar-refractivity contribution is 5.35. The van der Waals surface area contributed by atoms with Crippen LogP contribution in [0.25, 0.3) is 0 Å². The molecule has 0 saturated heterocycles. The Hall–Kier alpha value is -1.32. The van der Waals surface area contributed by atoms with Crippen molar-refractivity contribution in [1.29, 1.82) is 0 Å². The van der Waals surface area contributed by atoms with Gasteiger partial charge in [0.05, 0.1) is 18.1 Å². The van der Waals surface area contributed by atoms with Crippen LogP contribution < -0.4 is 11.1 Å². The molecule has 1 aromatic heterocycles. The van der Waals surface area contributed by atoms with Crippen LogP contribution in [-0.4, -0.2) is 16.5 Å². The molecule has 0 unspecified atom stereocenters. The second kappa shape index (κ2) is 5.14. The molecular formula is C12H20N4. The lowest BCUT2D eigenvalue weighted by Gasteiger charge is -2.26. The summed E-state index contributed by atoms with van der Waals surface area (Å²) in [6.07, 6.45) is 8.63. The van der Waals surface area contributed by atoms with Gasteiger partial charge in [-0.3, -0.25) is 0 Å². The number of anilines is 2. The average molecular weight is 220 g/mol. The standard InChI is InChI=1S/C12H20N4/c1-9-2-4-10(5-3-9)6-14-12-15-7-11(13)8-16-12/h7-10H,2-6,13H2,1H3,(H,14,15,16). The third-order valence-electron chi connectivity index (χ3n) is 3.36. The Morgan fingerprint density at radius 2 is 1.88 bits per heavy atom. The highest BCUT2D eigenvalue weighted by Gasteiger charge is 2.17. The molecule has 0 radical (unpaired) electrons. The van der Waals surface area contributed by atoms with E-state index >= 15 is 0 Å². The maximum atomic E-state index is 5.53. The van der Waals surface area contributed by atoms with Crippen LogP contribution in [0.4, 0.5) is 11.6 Å². The van der Waals surface area contributed by atoms with Gasteiger partial charge in [0, 0.05) is 6.54 Å². The van der Waals surface area contributed by atoms with Crippen LogP contribution in [0, 0.1) is 11.8 Å². The van der Waals surface area contributed by atoms with Gasteiger partial charge in [-0.25, -0.2) is 9.97 Å². The number of aromatic nitrogens is 2. The molecule has 3 N–H and O–H groups in total. The normalized spacial score (nSPS) is 25.3. The Balaban J connectivity index is 1.77. The van der Waals surface area contributed by atoms with Gasteiger partial charge in [0.15, 0.2) is 0 Å². The number of hydrogen-bond donors (Lipinski definition) is 2. The zero-order valence-electron chi connectivity index (χ0n) is 9.82. The molecule has 2 rings (SSSR count). The van der Waals surface area contributed by atoms with Gasteiger partial charge in [0.1, 0.15) is 0 Å². The molecule has 0 aromatic carbocycles. The van der Waals surface area contributed by atoms with Gasteiger partial charge in [0.2, 0.25) is 5.95 Å². The molecule has 1 saturated carbocycles. The van der Waals surface area contributed by atoms with E-state index in [1.165, 1.54) is 25.7 Å². The van der Waals surface area contributed by atoms with E-state index in [9.17, 15) is 0 Å². The van der Waals surface area contributed by atoms with Crippen LogP contribution in [0.15, 0.2) is 12.4 Å². The van der Waals surface area contributed by atoms with E-state index in [2.05, 4.69) is 22.2 Å². The minimum Gasteiger partial charge on any atom is -0.396 e. The first-order valence-corrected chi connectivity index (χ1v) is 6.05. The first-order valence-electron chi connectivity index (χ1n) is 6.05. The zero-order chi connectivity index (χ0) is 11.4. The van der Waals surface area contributed by atoms with E-state index in [4.69, 9.17) is 5.73 Å². The maximum Gasteiger partial charge on any atom is 0.222 e. The predicted molar refractivity (Wildman–Crippen MR) is 66.1 cm³/mol. The topological polar surface area (TPSA) is 63.8 Å². The van der Waals surface area contributed by atoms with Crippen molar-refractivity contribution in [2.45, 2.75) is 32.6 Å². The molecule has 0 bridgehead atoms. The Morgan fingerprint density at radius 3 is 2.50 bits per heavy atom. The van der Waals surface area contributed by atoms with Gasteiger partial charge >= 0.3 is 0 Å². The molecule has 16 heavy (non-hydrogen) atoms. The van der Waals surface area contributed by atoms with Crippen molar-refractivity contribution in [3.8, 4) is 0 Å². The average Bonchev–Trinajstić information content (AvgIpc) is 2.30. The second-order valence-corrected chi connectivity index (χ2v) is 4.85. The molecule has 0 aliphatic heterocycles. The van der Waals surface area contributed by atoms with E-state index in [-0.39, 0.29) is 0 Å². The lowest BCUT2D eigenvalue weighted by atomic mass is 9.83. The summed E-state index contributed by atoms with van der Waals surface area (Å²) in [5.41, 5.74) is 6.14. The Bertz CT molecular complexity index is 314. The Kier molecular flexibility index (Phi) is 3.59. The maximum absolute atomic E-state index is 5.53. The zero-order valence-corrected chi connectivity index (χ0v) is 9.82. The quantitative estimate of drug-likeness (QED) is 0.820. The fourth-order valence-electron chi connectivity index (χ4n) is 2.20.